The molecule has 0 N–H and O–H groups in total. The fraction of sp³-hybridized carbons (Fsp3) is 0.250. The van der Waals surface area contributed by atoms with Gasteiger partial charge in [0.1, 0.15) is 0 Å². The standard InChI is InChI=1S/C16H8Cl2F6N2O8S4/c17-13(19)15(21,22)37(31,32)7-1-3-11(9(5-7)25(27)28)35-36-12-4-2-8(6-10(12)26(29)30)38(33,34)16(23,24)14(18)20/h1-6,13-14H. The molecule has 0 amide bonds. The lowest BCUT2D eigenvalue weighted by Gasteiger charge is -2.17. The lowest BCUT2D eigenvalue weighted by atomic mass is 10.3. The topological polar surface area (TPSA) is 155 Å². The van der Waals surface area contributed by atoms with Crippen LogP contribution in [0.5, 0.6) is 0 Å². The number of rotatable bonds is 11. The summed E-state index contributed by atoms with van der Waals surface area (Å²) in [7, 11) is -11.0. The molecule has 2 atom stereocenters. The van der Waals surface area contributed by atoms with Crippen molar-refractivity contribution in [3.63, 3.8) is 0 Å². The molecule has 0 saturated carbocycles. The Kier molecular flexibility index (Phi) is 9.53. The van der Waals surface area contributed by atoms with E-state index in [1.807, 2.05) is 0 Å². The number of hydrogen-bond acceptors (Lipinski definition) is 10. The van der Waals surface area contributed by atoms with Gasteiger partial charge in [0, 0.05) is 12.1 Å². The smallest absolute Gasteiger partial charge is 0.258 e. The van der Waals surface area contributed by atoms with Crippen LogP contribution in [0.1, 0.15) is 0 Å². The molecule has 210 valence electrons. The van der Waals surface area contributed by atoms with Crippen LogP contribution in [0.15, 0.2) is 56.0 Å². The summed E-state index contributed by atoms with van der Waals surface area (Å²) in [5, 5.41) is 12.5. The van der Waals surface area contributed by atoms with Crippen LogP contribution in [-0.2, 0) is 19.7 Å². The fourth-order valence-corrected chi connectivity index (χ4v) is 7.47. The van der Waals surface area contributed by atoms with Gasteiger partial charge in [-0.2, -0.15) is 17.6 Å². The third-order valence-corrected chi connectivity index (χ3v) is 11.2. The molecule has 0 radical (unpaired) electrons. The van der Waals surface area contributed by atoms with Crippen molar-refractivity contribution in [1.29, 1.82) is 0 Å². The average Bonchev–Trinajstić information content (AvgIpc) is 2.81. The lowest BCUT2D eigenvalue weighted by molar-refractivity contribution is -0.388. The predicted molar refractivity (Wildman–Crippen MR) is 124 cm³/mol. The van der Waals surface area contributed by atoms with Crippen LogP contribution in [0.2, 0.25) is 0 Å². The number of sulfone groups is 2. The molecule has 0 saturated heterocycles. The number of nitrogens with zero attached hydrogens (tertiary/aromatic N) is 2. The zero-order valence-electron chi connectivity index (χ0n) is 17.4. The van der Waals surface area contributed by atoms with Crippen molar-refractivity contribution in [2.45, 2.75) is 41.4 Å². The highest BCUT2D eigenvalue weighted by molar-refractivity contribution is 8.76. The van der Waals surface area contributed by atoms with Crippen molar-refractivity contribution in [2.75, 3.05) is 0 Å². The summed E-state index contributed by atoms with van der Waals surface area (Å²) >= 11 is 9.16. The first-order chi connectivity index (χ1) is 17.2. The van der Waals surface area contributed by atoms with E-state index in [-0.39, 0.29) is 12.1 Å². The zero-order chi connectivity index (χ0) is 29.4. The Bertz CT molecular complexity index is 1380. The maximum Gasteiger partial charge on any atom is 0.393 e. The minimum absolute atomic E-state index is 0.164. The normalized spacial score (nSPS) is 14.6. The maximum absolute atomic E-state index is 13.7. The Morgan fingerprint density at radius 2 is 1.00 bits per heavy atom. The molecule has 0 bridgehead atoms. The quantitative estimate of drug-likeness (QED) is 0.0901. The van der Waals surface area contributed by atoms with Crippen LogP contribution in [0.4, 0.5) is 37.7 Å². The van der Waals surface area contributed by atoms with Crippen molar-refractivity contribution in [2.24, 2.45) is 0 Å². The van der Waals surface area contributed by atoms with Crippen molar-refractivity contribution < 1.29 is 53.0 Å². The van der Waals surface area contributed by atoms with Gasteiger partial charge in [0.25, 0.3) is 22.6 Å². The van der Waals surface area contributed by atoms with E-state index in [1.54, 1.807) is 0 Å². The van der Waals surface area contributed by atoms with E-state index in [4.69, 9.17) is 0 Å². The van der Waals surface area contributed by atoms with E-state index < -0.39 is 82.2 Å². The highest BCUT2D eigenvalue weighted by Gasteiger charge is 2.54. The average molecular weight is 669 g/mol. The molecule has 0 aliphatic rings. The molecule has 0 aliphatic heterocycles. The van der Waals surface area contributed by atoms with E-state index in [1.165, 1.54) is 0 Å². The highest BCUT2D eigenvalue weighted by atomic mass is 35.5. The SMILES string of the molecule is O=[N+]([O-])c1cc(S(=O)(=O)C(F)(F)C(F)Cl)ccc1SSc1ccc(S(=O)(=O)C(F)(F)C(F)Cl)cc1[N+](=O)[O-]. The first-order valence-corrected chi connectivity index (χ1v) is 14.9. The number of alkyl halides is 8. The number of benzene rings is 2. The van der Waals surface area contributed by atoms with Gasteiger partial charge in [-0.15, -0.1) is 0 Å². The predicted octanol–water partition coefficient (Wildman–Crippen LogP) is 6.10. The van der Waals surface area contributed by atoms with Gasteiger partial charge in [-0.3, -0.25) is 20.2 Å². The van der Waals surface area contributed by atoms with Gasteiger partial charge in [-0.25, -0.2) is 25.6 Å². The summed E-state index contributed by atoms with van der Waals surface area (Å²) in [6, 6.07) is 2.52. The molecule has 10 nitrogen and oxygen atoms in total. The second kappa shape index (κ2) is 11.2. The van der Waals surface area contributed by atoms with Gasteiger partial charge < -0.3 is 0 Å². The number of nitro groups is 2. The second-order valence-corrected chi connectivity index (χ2v) is 13.7. The first kappa shape index (κ1) is 32.2. The maximum atomic E-state index is 13.7. The molecule has 0 aliphatic carbocycles. The van der Waals surface area contributed by atoms with E-state index in [0.29, 0.717) is 45.9 Å². The van der Waals surface area contributed by atoms with Gasteiger partial charge in [-0.1, -0.05) is 23.2 Å². The van der Waals surface area contributed by atoms with Crippen molar-refractivity contribution in [1.82, 2.24) is 0 Å². The lowest BCUT2D eigenvalue weighted by Crippen LogP contribution is -2.36. The van der Waals surface area contributed by atoms with Gasteiger partial charge in [0.15, 0.2) is 0 Å². The molecule has 0 aromatic heterocycles. The van der Waals surface area contributed by atoms with Crippen molar-refractivity contribution >= 4 is 75.8 Å². The van der Waals surface area contributed by atoms with Crippen molar-refractivity contribution in [3.8, 4) is 0 Å². The van der Waals surface area contributed by atoms with E-state index >= 15 is 0 Å². The molecule has 0 heterocycles. The number of nitro benzene ring substituents is 2. The molecule has 2 aromatic carbocycles. The summed E-state index contributed by atoms with van der Waals surface area (Å²) in [6.07, 6.45) is 0. The monoisotopic (exact) mass is 668 g/mol. The largest absolute Gasteiger partial charge is 0.393 e. The van der Waals surface area contributed by atoms with Crippen LogP contribution in [0.3, 0.4) is 0 Å². The Morgan fingerprint density at radius 1 is 0.711 bits per heavy atom. The minimum atomic E-state index is -5.84. The molecule has 0 fully saturated rings. The number of hydrogen-bond donors (Lipinski definition) is 0. The molecule has 38 heavy (non-hydrogen) atoms. The summed E-state index contributed by atoms with van der Waals surface area (Å²) < 4.78 is 129. The van der Waals surface area contributed by atoms with Crippen molar-refractivity contribution in [3.05, 3.63) is 56.6 Å². The minimum Gasteiger partial charge on any atom is -0.258 e. The summed E-state index contributed by atoms with van der Waals surface area (Å²) in [5.74, 6) is 0. The van der Waals surface area contributed by atoms with Crippen LogP contribution < -0.4 is 0 Å². The van der Waals surface area contributed by atoms with Crippen LogP contribution >= 0.6 is 44.8 Å². The van der Waals surface area contributed by atoms with Gasteiger partial charge >= 0.3 is 10.5 Å². The highest BCUT2D eigenvalue weighted by Crippen LogP contribution is 2.47. The molecule has 2 aromatic rings. The summed E-state index contributed by atoms with van der Waals surface area (Å²) in [6.45, 7) is 0. The second-order valence-electron chi connectivity index (χ2n) is 6.67. The fourth-order valence-electron chi connectivity index (χ4n) is 2.39. The molecule has 0 spiro atoms. The molecule has 2 unspecified atom stereocenters. The Labute approximate surface area is 226 Å². The van der Waals surface area contributed by atoms with Crippen LogP contribution in [0.25, 0.3) is 0 Å². The summed E-state index contributed by atoms with van der Waals surface area (Å²) in [4.78, 5) is 16.7. The third-order valence-electron chi connectivity index (χ3n) is 4.32. The van der Waals surface area contributed by atoms with Gasteiger partial charge in [0.05, 0.1) is 29.4 Å². The summed E-state index contributed by atoms with van der Waals surface area (Å²) in [5.41, 5.74) is -9.60. The van der Waals surface area contributed by atoms with Crippen LogP contribution in [-0.4, -0.2) is 48.5 Å². The first-order valence-electron chi connectivity index (χ1n) is 8.92. The van der Waals surface area contributed by atoms with Gasteiger partial charge in [-0.05, 0) is 45.9 Å². The van der Waals surface area contributed by atoms with E-state index in [0.717, 1.165) is 0 Å². The molecule has 22 heteroatoms. The van der Waals surface area contributed by atoms with E-state index in [2.05, 4.69) is 23.2 Å². The Balaban J connectivity index is 2.49. The number of halogens is 8. The van der Waals surface area contributed by atoms with Gasteiger partial charge in [0.2, 0.25) is 19.7 Å². The molecular formula is C16H8Cl2F6N2O8S4. The zero-order valence-corrected chi connectivity index (χ0v) is 22.2. The Morgan fingerprint density at radius 3 is 1.24 bits per heavy atom. The van der Waals surface area contributed by atoms with Crippen LogP contribution in [0, 0.1) is 20.2 Å². The molecular weight excluding hydrogens is 661 g/mol. The Hall–Kier alpha value is -2.00. The molecule has 2 rings (SSSR count). The third kappa shape index (κ3) is 5.93. The van der Waals surface area contributed by atoms with E-state index in [9.17, 15) is 63.4 Å².